The average molecular weight is 294 g/mol. The Morgan fingerprint density at radius 2 is 2.00 bits per heavy atom. The molecule has 2 aromatic rings. The number of nitrogens with zero attached hydrogens (tertiary/aromatic N) is 1. The fraction of sp³-hybridized carbons (Fsp3) is 0.400. The number of hydrogen-bond donors (Lipinski definition) is 1. The summed E-state index contributed by atoms with van der Waals surface area (Å²) in [6.07, 6.45) is 4.79. The molecule has 0 spiro atoms. The second-order valence-corrected chi connectivity index (χ2v) is 6.25. The van der Waals surface area contributed by atoms with Crippen molar-refractivity contribution >= 4 is 11.3 Å². The topological polar surface area (TPSA) is 24.9 Å². The maximum absolute atomic E-state index is 13.2. The Labute approximate surface area is 120 Å². The third kappa shape index (κ3) is 3.04. The minimum absolute atomic E-state index is 0.562. The molecule has 2 nitrogen and oxygen atoms in total. The van der Waals surface area contributed by atoms with Gasteiger partial charge in [0.05, 0.1) is 5.01 Å². The lowest BCUT2D eigenvalue weighted by Gasteiger charge is -2.20. The molecular formula is C15H16F2N2S. The molecule has 1 aromatic carbocycles. The lowest BCUT2D eigenvalue weighted by molar-refractivity contribution is 0.465. The minimum Gasteiger partial charge on any atom is -0.317 e. The number of aromatic nitrogens is 1. The van der Waals surface area contributed by atoms with Crippen molar-refractivity contribution in [1.82, 2.24) is 10.3 Å². The zero-order chi connectivity index (χ0) is 13.9. The van der Waals surface area contributed by atoms with Crippen molar-refractivity contribution in [1.29, 1.82) is 0 Å². The molecule has 1 aliphatic rings. The lowest BCUT2D eigenvalue weighted by Crippen LogP contribution is -2.26. The Kier molecular flexibility index (Phi) is 4.08. The van der Waals surface area contributed by atoms with Crippen molar-refractivity contribution < 1.29 is 8.78 Å². The first-order valence-corrected chi connectivity index (χ1v) is 7.63. The molecule has 0 radical (unpaired) electrons. The van der Waals surface area contributed by atoms with E-state index < -0.39 is 11.6 Å². The molecule has 3 rings (SSSR count). The predicted molar refractivity (Wildman–Crippen MR) is 76.1 cm³/mol. The summed E-state index contributed by atoms with van der Waals surface area (Å²) in [6.45, 7) is 2.11. The number of piperidine rings is 1. The summed E-state index contributed by atoms with van der Waals surface area (Å²) < 4.78 is 26.1. The summed E-state index contributed by atoms with van der Waals surface area (Å²) in [5.41, 5.74) is 0.759. The normalized spacial score (nSPS) is 16.5. The van der Waals surface area contributed by atoms with Crippen LogP contribution >= 0.6 is 11.3 Å². The van der Waals surface area contributed by atoms with E-state index in [1.165, 1.54) is 17.0 Å². The van der Waals surface area contributed by atoms with Crippen molar-refractivity contribution in [3.63, 3.8) is 0 Å². The van der Waals surface area contributed by atoms with Gasteiger partial charge < -0.3 is 5.32 Å². The van der Waals surface area contributed by atoms with E-state index >= 15 is 0 Å². The largest absolute Gasteiger partial charge is 0.317 e. The van der Waals surface area contributed by atoms with Crippen molar-refractivity contribution in [3.05, 3.63) is 51.5 Å². The number of halogens is 2. The Hall–Kier alpha value is -1.33. The maximum atomic E-state index is 13.2. The van der Waals surface area contributed by atoms with E-state index in [0.29, 0.717) is 12.3 Å². The maximum Gasteiger partial charge on any atom is 0.159 e. The zero-order valence-corrected chi connectivity index (χ0v) is 11.9. The number of hydrogen-bond acceptors (Lipinski definition) is 3. The third-order valence-electron chi connectivity index (χ3n) is 3.65. The Bertz CT molecular complexity index is 591. The van der Waals surface area contributed by atoms with Crippen LogP contribution in [0.2, 0.25) is 0 Å². The van der Waals surface area contributed by atoms with E-state index in [0.717, 1.165) is 36.5 Å². The highest BCUT2D eigenvalue weighted by Crippen LogP contribution is 2.30. The molecule has 1 N–H and O–H groups in total. The van der Waals surface area contributed by atoms with E-state index in [1.54, 1.807) is 17.4 Å². The number of thiazole rings is 1. The van der Waals surface area contributed by atoms with E-state index in [1.807, 2.05) is 6.20 Å². The van der Waals surface area contributed by atoms with Crippen LogP contribution in [0.1, 0.15) is 34.2 Å². The fourth-order valence-corrected chi connectivity index (χ4v) is 3.65. The monoisotopic (exact) mass is 294 g/mol. The fourth-order valence-electron chi connectivity index (χ4n) is 2.53. The molecule has 2 heterocycles. The van der Waals surface area contributed by atoms with Crippen LogP contribution < -0.4 is 5.32 Å². The molecule has 0 atom stereocenters. The molecule has 0 aliphatic carbocycles. The Morgan fingerprint density at radius 3 is 2.75 bits per heavy atom. The molecule has 0 amide bonds. The Balaban J connectivity index is 1.71. The standard InChI is InChI=1S/C15H16F2N2S/c16-12-2-1-10(7-13(12)17)8-15-19-9-14(20-15)11-3-5-18-6-4-11/h1-2,7,9,11,18H,3-6,8H2. The first-order valence-electron chi connectivity index (χ1n) is 6.81. The molecule has 1 saturated heterocycles. The Morgan fingerprint density at radius 1 is 1.20 bits per heavy atom. The van der Waals surface area contributed by atoms with Gasteiger partial charge in [0.2, 0.25) is 0 Å². The third-order valence-corrected chi connectivity index (χ3v) is 4.81. The highest BCUT2D eigenvalue weighted by atomic mass is 32.1. The molecule has 0 unspecified atom stereocenters. The van der Waals surface area contributed by atoms with Gasteiger partial charge in [0.1, 0.15) is 0 Å². The molecule has 20 heavy (non-hydrogen) atoms. The van der Waals surface area contributed by atoms with Gasteiger partial charge in [-0.3, -0.25) is 0 Å². The summed E-state index contributed by atoms with van der Waals surface area (Å²) in [7, 11) is 0. The first-order chi connectivity index (χ1) is 9.72. The van der Waals surface area contributed by atoms with Gasteiger partial charge in [0, 0.05) is 17.5 Å². The van der Waals surface area contributed by atoms with Crippen LogP contribution in [-0.4, -0.2) is 18.1 Å². The van der Waals surface area contributed by atoms with Crippen LogP contribution in [-0.2, 0) is 6.42 Å². The molecule has 1 aromatic heterocycles. The van der Waals surface area contributed by atoms with Crippen LogP contribution in [0.3, 0.4) is 0 Å². The van der Waals surface area contributed by atoms with Gasteiger partial charge in [0.25, 0.3) is 0 Å². The van der Waals surface area contributed by atoms with Gasteiger partial charge >= 0.3 is 0 Å². The number of benzene rings is 1. The zero-order valence-electron chi connectivity index (χ0n) is 11.0. The lowest BCUT2D eigenvalue weighted by atomic mass is 9.97. The molecule has 5 heteroatoms. The highest BCUT2D eigenvalue weighted by Gasteiger charge is 2.17. The second kappa shape index (κ2) is 5.97. The van der Waals surface area contributed by atoms with Crippen LogP contribution in [0.4, 0.5) is 8.78 Å². The minimum atomic E-state index is -0.803. The van der Waals surface area contributed by atoms with E-state index in [-0.39, 0.29) is 0 Å². The highest BCUT2D eigenvalue weighted by molar-refractivity contribution is 7.11. The molecule has 0 saturated carbocycles. The molecule has 1 fully saturated rings. The SMILES string of the molecule is Fc1ccc(Cc2ncc(C3CCNCC3)s2)cc1F. The number of nitrogens with one attached hydrogen (secondary N) is 1. The van der Waals surface area contributed by atoms with Crippen molar-refractivity contribution in [3.8, 4) is 0 Å². The van der Waals surface area contributed by atoms with Gasteiger partial charge in [-0.25, -0.2) is 13.8 Å². The predicted octanol–water partition coefficient (Wildman–Crippen LogP) is 3.48. The van der Waals surface area contributed by atoms with Crippen LogP contribution in [0.25, 0.3) is 0 Å². The van der Waals surface area contributed by atoms with Crippen molar-refractivity contribution in [2.45, 2.75) is 25.2 Å². The van der Waals surface area contributed by atoms with Crippen molar-refractivity contribution in [2.24, 2.45) is 0 Å². The molecule has 0 bridgehead atoms. The molecule has 1 aliphatic heterocycles. The summed E-state index contributed by atoms with van der Waals surface area (Å²) in [5, 5.41) is 4.31. The van der Waals surface area contributed by atoms with Gasteiger partial charge in [-0.2, -0.15) is 0 Å². The smallest absolute Gasteiger partial charge is 0.159 e. The van der Waals surface area contributed by atoms with Gasteiger partial charge in [-0.1, -0.05) is 6.07 Å². The van der Waals surface area contributed by atoms with Crippen LogP contribution in [0, 0.1) is 11.6 Å². The van der Waals surface area contributed by atoms with Crippen LogP contribution in [0.5, 0.6) is 0 Å². The summed E-state index contributed by atoms with van der Waals surface area (Å²) in [6, 6.07) is 4.04. The van der Waals surface area contributed by atoms with Crippen molar-refractivity contribution in [2.75, 3.05) is 13.1 Å². The van der Waals surface area contributed by atoms with Crippen LogP contribution in [0.15, 0.2) is 24.4 Å². The van der Waals surface area contributed by atoms with E-state index in [4.69, 9.17) is 0 Å². The van der Waals surface area contributed by atoms with Gasteiger partial charge in [-0.05, 0) is 49.5 Å². The molecule has 106 valence electrons. The van der Waals surface area contributed by atoms with Gasteiger partial charge in [-0.15, -0.1) is 11.3 Å². The van der Waals surface area contributed by atoms with E-state index in [9.17, 15) is 8.78 Å². The van der Waals surface area contributed by atoms with Gasteiger partial charge in [0.15, 0.2) is 11.6 Å². The molecular weight excluding hydrogens is 278 g/mol. The summed E-state index contributed by atoms with van der Waals surface area (Å²) >= 11 is 1.69. The quantitative estimate of drug-likeness (QED) is 0.937. The summed E-state index contributed by atoms with van der Waals surface area (Å²) in [4.78, 5) is 5.73. The number of rotatable bonds is 3. The first kappa shape index (κ1) is 13.6. The second-order valence-electron chi connectivity index (χ2n) is 5.11. The average Bonchev–Trinajstić information content (AvgIpc) is 2.92. The van der Waals surface area contributed by atoms with E-state index in [2.05, 4.69) is 10.3 Å². The summed E-state index contributed by atoms with van der Waals surface area (Å²) in [5.74, 6) is -1.01.